The SMILES string of the molecule is CCc1occc1C(Br)c1ccc2c(c1)CCC2. The average Bonchev–Trinajstić information content (AvgIpc) is 3.05. The number of furan rings is 1. The maximum absolute atomic E-state index is 5.52. The average molecular weight is 305 g/mol. The largest absolute Gasteiger partial charge is 0.469 e. The van der Waals surface area contributed by atoms with Gasteiger partial charge in [0, 0.05) is 12.0 Å². The zero-order chi connectivity index (χ0) is 12.5. The predicted octanol–water partition coefficient (Wildman–Crippen LogP) is 4.82. The van der Waals surface area contributed by atoms with Crippen LogP contribution in [0.4, 0.5) is 0 Å². The molecule has 94 valence electrons. The topological polar surface area (TPSA) is 13.1 Å². The maximum Gasteiger partial charge on any atom is 0.108 e. The lowest BCUT2D eigenvalue weighted by Crippen LogP contribution is -1.96. The van der Waals surface area contributed by atoms with E-state index >= 15 is 0 Å². The van der Waals surface area contributed by atoms with E-state index in [4.69, 9.17) is 4.42 Å². The minimum absolute atomic E-state index is 0.247. The molecule has 3 rings (SSSR count). The fourth-order valence-electron chi connectivity index (χ4n) is 2.79. The lowest BCUT2D eigenvalue weighted by atomic mass is 10.0. The van der Waals surface area contributed by atoms with Gasteiger partial charge in [0.2, 0.25) is 0 Å². The van der Waals surface area contributed by atoms with E-state index in [0.29, 0.717) is 0 Å². The lowest BCUT2D eigenvalue weighted by Gasteiger charge is -2.12. The molecule has 1 aromatic carbocycles. The quantitative estimate of drug-likeness (QED) is 0.741. The highest BCUT2D eigenvalue weighted by Crippen LogP contribution is 2.36. The standard InChI is InChI=1S/C16H17BrO/c1-2-15-14(8-9-18-15)16(17)13-7-6-11-4-3-5-12(11)10-13/h6-10,16H,2-5H2,1H3. The fraction of sp³-hybridized carbons (Fsp3) is 0.375. The summed E-state index contributed by atoms with van der Waals surface area (Å²) >= 11 is 3.81. The number of rotatable bonds is 3. The van der Waals surface area contributed by atoms with Crippen molar-refractivity contribution >= 4 is 15.9 Å². The summed E-state index contributed by atoms with van der Waals surface area (Å²) < 4.78 is 5.52. The molecule has 0 aliphatic heterocycles. The van der Waals surface area contributed by atoms with Gasteiger partial charge in [-0.1, -0.05) is 41.1 Å². The van der Waals surface area contributed by atoms with E-state index in [0.717, 1.165) is 12.2 Å². The molecule has 1 aromatic heterocycles. The zero-order valence-electron chi connectivity index (χ0n) is 10.6. The highest BCUT2D eigenvalue weighted by atomic mass is 79.9. The van der Waals surface area contributed by atoms with Crippen molar-refractivity contribution in [2.45, 2.75) is 37.4 Å². The van der Waals surface area contributed by atoms with Gasteiger partial charge in [0.1, 0.15) is 5.76 Å². The summed E-state index contributed by atoms with van der Waals surface area (Å²) in [5.41, 5.74) is 5.65. The Morgan fingerprint density at radius 2 is 2.06 bits per heavy atom. The second-order valence-electron chi connectivity index (χ2n) is 4.90. The summed E-state index contributed by atoms with van der Waals surface area (Å²) in [5.74, 6) is 1.08. The van der Waals surface area contributed by atoms with Crippen LogP contribution in [-0.4, -0.2) is 0 Å². The molecule has 0 N–H and O–H groups in total. The van der Waals surface area contributed by atoms with Crippen molar-refractivity contribution in [2.75, 3.05) is 0 Å². The van der Waals surface area contributed by atoms with E-state index in [9.17, 15) is 0 Å². The van der Waals surface area contributed by atoms with Crippen LogP contribution in [-0.2, 0) is 19.3 Å². The first kappa shape index (κ1) is 12.0. The van der Waals surface area contributed by atoms with E-state index in [1.807, 2.05) is 0 Å². The van der Waals surface area contributed by atoms with Crippen molar-refractivity contribution in [3.63, 3.8) is 0 Å². The van der Waals surface area contributed by atoms with Crippen LogP contribution in [0.25, 0.3) is 0 Å². The van der Waals surface area contributed by atoms with Crippen LogP contribution in [0.3, 0.4) is 0 Å². The van der Waals surface area contributed by atoms with Crippen LogP contribution < -0.4 is 0 Å². The zero-order valence-corrected chi connectivity index (χ0v) is 12.2. The summed E-state index contributed by atoms with van der Waals surface area (Å²) in [7, 11) is 0. The first-order valence-corrected chi connectivity index (χ1v) is 7.53. The normalized spacial score (nSPS) is 15.7. The smallest absolute Gasteiger partial charge is 0.108 e. The molecule has 0 radical (unpaired) electrons. The van der Waals surface area contributed by atoms with Crippen LogP contribution in [0, 0.1) is 0 Å². The van der Waals surface area contributed by atoms with Crippen molar-refractivity contribution in [3.8, 4) is 0 Å². The van der Waals surface area contributed by atoms with Crippen molar-refractivity contribution in [1.82, 2.24) is 0 Å². The minimum atomic E-state index is 0.247. The Morgan fingerprint density at radius 1 is 1.22 bits per heavy atom. The van der Waals surface area contributed by atoms with Crippen molar-refractivity contribution < 1.29 is 4.42 Å². The number of alkyl halides is 1. The number of halogens is 1. The molecule has 0 fully saturated rings. The number of aryl methyl sites for hydroxylation is 3. The van der Waals surface area contributed by atoms with Crippen molar-refractivity contribution in [1.29, 1.82) is 0 Å². The Kier molecular flexibility index (Phi) is 3.29. The monoisotopic (exact) mass is 304 g/mol. The Labute approximate surface area is 116 Å². The van der Waals surface area contributed by atoms with Gasteiger partial charge in [-0.15, -0.1) is 0 Å². The molecule has 1 heterocycles. The Bertz CT molecular complexity index is 556. The molecule has 2 heteroatoms. The molecule has 0 spiro atoms. The second kappa shape index (κ2) is 4.93. The molecule has 1 nitrogen and oxygen atoms in total. The van der Waals surface area contributed by atoms with E-state index in [1.54, 1.807) is 6.26 Å². The summed E-state index contributed by atoms with van der Waals surface area (Å²) in [6.07, 6.45) is 6.51. The Morgan fingerprint density at radius 3 is 2.89 bits per heavy atom. The third kappa shape index (κ3) is 2.03. The number of hydrogen-bond donors (Lipinski definition) is 0. The van der Waals surface area contributed by atoms with Gasteiger partial charge in [0.15, 0.2) is 0 Å². The van der Waals surface area contributed by atoms with Gasteiger partial charge in [-0.25, -0.2) is 0 Å². The molecule has 0 amide bonds. The van der Waals surface area contributed by atoms with Crippen molar-refractivity contribution in [3.05, 3.63) is 58.5 Å². The van der Waals surface area contributed by atoms with Crippen LogP contribution in [0.5, 0.6) is 0 Å². The molecule has 1 atom stereocenters. The van der Waals surface area contributed by atoms with E-state index < -0.39 is 0 Å². The summed E-state index contributed by atoms with van der Waals surface area (Å²) in [6, 6.07) is 8.97. The number of fused-ring (bicyclic) bond motifs is 1. The summed E-state index contributed by atoms with van der Waals surface area (Å²) in [6.45, 7) is 2.13. The van der Waals surface area contributed by atoms with Crippen LogP contribution in [0.2, 0.25) is 0 Å². The minimum Gasteiger partial charge on any atom is -0.469 e. The van der Waals surface area contributed by atoms with Crippen LogP contribution >= 0.6 is 15.9 Å². The van der Waals surface area contributed by atoms with Gasteiger partial charge in [-0.2, -0.15) is 0 Å². The fourth-order valence-corrected chi connectivity index (χ4v) is 3.49. The van der Waals surface area contributed by atoms with Gasteiger partial charge in [-0.05, 0) is 42.0 Å². The third-order valence-electron chi connectivity index (χ3n) is 3.79. The molecule has 1 aliphatic carbocycles. The first-order valence-electron chi connectivity index (χ1n) is 6.61. The number of hydrogen-bond acceptors (Lipinski definition) is 1. The van der Waals surface area contributed by atoms with Crippen molar-refractivity contribution in [2.24, 2.45) is 0 Å². The first-order chi connectivity index (χ1) is 8.79. The lowest BCUT2D eigenvalue weighted by molar-refractivity contribution is 0.512. The Balaban J connectivity index is 1.95. The molecule has 0 saturated carbocycles. The Hall–Kier alpha value is -1.02. The highest BCUT2D eigenvalue weighted by molar-refractivity contribution is 9.09. The van der Waals surface area contributed by atoms with E-state index in [1.165, 1.54) is 41.5 Å². The molecular weight excluding hydrogens is 288 g/mol. The molecule has 0 bridgehead atoms. The van der Waals surface area contributed by atoms with Gasteiger partial charge < -0.3 is 4.42 Å². The van der Waals surface area contributed by atoms with Gasteiger partial charge >= 0.3 is 0 Å². The van der Waals surface area contributed by atoms with Gasteiger partial charge in [0.05, 0.1) is 11.1 Å². The number of benzene rings is 1. The highest BCUT2D eigenvalue weighted by Gasteiger charge is 2.18. The third-order valence-corrected chi connectivity index (χ3v) is 4.81. The molecule has 0 saturated heterocycles. The summed E-state index contributed by atoms with van der Waals surface area (Å²) in [5, 5.41) is 0. The van der Waals surface area contributed by atoms with Crippen LogP contribution in [0.15, 0.2) is 34.9 Å². The maximum atomic E-state index is 5.52. The molecule has 2 aromatic rings. The molecule has 18 heavy (non-hydrogen) atoms. The van der Waals surface area contributed by atoms with Gasteiger partial charge in [0.25, 0.3) is 0 Å². The van der Waals surface area contributed by atoms with E-state index in [-0.39, 0.29) is 4.83 Å². The van der Waals surface area contributed by atoms with E-state index in [2.05, 4.69) is 47.1 Å². The van der Waals surface area contributed by atoms with Crippen LogP contribution in [0.1, 0.15) is 46.2 Å². The second-order valence-corrected chi connectivity index (χ2v) is 5.81. The molecular formula is C16H17BrO. The molecule has 1 aliphatic rings. The molecule has 1 unspecified atom stereocenters. The summed E-state index contributed by atoms with van der Waals surface area (Å²) in [4.78, 5) is 0.247. The predicted molar refractivity (Wildman–Crippen MR) is 77.3 cm³/mol. The van der Waals surface area contributed by atoms with Gasteiger partial charge in [-0.3, -0.25) is 0 Å².